The van der Waals surface area contributed by atoms with E-state index < -0.39 is 10.0 Å². The molecule has 0 bridgehead atoms. The van der Waals surface area contributed by atoms with Crippen LogP contribution in [-0.2, 0) is 10.0 Å². The quantitative estimate of drug-likeness (QED) is 0.523. The molecule has 0 spiro atoms. The van der Waals surface area contributed by atoms with Crippen molar-refractivity contribution in [1.82, 2.24) is 14.9 Å². The second-order valence-corrected chi connectivity index (χ2v) is 8.17. The largest absolute Gasteiger partial charge is 0.370 e. The van der Waals surface area contributed by atoms with Crippen LogP contribution in [0.2, 0.25) is 0 Å². The highest BCUT2D eigenvalue weighted by atomic mass is 32.2. The highest BCUT2D eigenvalue weighted by molar-refractivity contribution is 7.89. The Balaban J connectivity index is 1.52. The highest BCUT2D eigenvalue weighted by Crippen LogP contribution is 2.20. The summed E-state index contributed by atoms with van der Waals surface area (Å²) in [6, 6.07) is 7.80. The Kier molecular flexibility index (Phi) is 6.02. The number of sulfonamides is 1. The number of rotatable bonds is 8. The maximum Gasteiger partial charge on any atom is 0.240 e. The van der Waals surface area contributed by atoms with E-state index in [1.54, 1.807) is 6.20 Å². The lowest BCUT2D eigenvalue weighted by molar-refractivity contribution is 0.101. The SMILES string of the molecule is CC(=O)c1ccc(S(=O)(=O)NCCNc2cc(N3CCCC3)cnn2)cc1. The first kappa shape index (κ1) is 19.2. The van der Waals surface area contributed by atoms with E-state index in [1.165, 1.54) is 44.0 Å². The van der Waals surface area contributed by atoms with Gasteiger partial charge in [0, 0.05) is 37.8 Å². The fourth-order valence-corrected chi connectivity index (χ4v) is 3.95. The van der Waals surface area contributed by atoms with Crippen LogP contribution in [0.4, 0.5) is 11.5 Å². The number of benzene rings is 1. The Morgan fingerprint density at radius 2 is 1.85 bits per heavy atom. The van der Waals surface area contributed by atoms with E-state index in [1.807, 2.05) is 6.07 Å². The van der Waals surface area contributed by atoms with Crippen LogP contribution in [0, 0.1) is 0 Å². The van der Waals surface area contributed by atoms with Gasteiger partial charge < -0.3 is 10.2 Å². The van der Waals surface area contributed by atoms with Crippen molar-refractivity contribution in [2.24, 2.45) is 0 Å². The number of anilines is 2. The minimum absolute atomic E-state index is 0.103. The highest BCUT2D eigenvalue weighted by Gasteiger charge is 2.15. The number of hydrogen-bond donors (Lipinski definition) is 2. The molecule has 0 atom stereocenters. The third-order valence-corrected chi connectivity index (χ3v) is 5.88. The predicted molar refractivity (Wildman–Crippen MR) is 104 cm³/mol. The normalized spacial score (nSPS) is 14.3. The van der Waals surface area contributed by atoms with Gasteiger partial charge in [-0.3, -0.25) is 4.79 Å². The molecule has 1 fully saturated rings. The molecule has 9 heteroatoms. The first-order chi connectivity index (χ1) is 13.0. The molecule has 0 saturated carbocycles. The smallest absolute Gasteiger partial charge is 0.240 e. The number of carbonyl (C=O) groups is 1. The van der Waals surface area contributed by atoms with Gasteiger partial charge in [0.05, 0.1) is 16.8 Å². The number of carbonyl (C=O) groups excluding carboxylic acids is 1. The Hall–Kier alpha value is -2.52. The lowest BCUT2D eigenvalue weighted by atomic mass is 10.2. The maximum absolute atomic E-state index is 12.3. The molecular weight excluding hydrogens is 366 g/mol. The zero-order valence-electron chi connectivity index (χ0n) is 15.2. The van der Waals surface area contributed by atoms with Crippen molar-refractivity contribution < 1.29 is 13.2 Å². The van der Waals surface area contributed by atoms with Crippen molar-refractivity contribution in [2.45, 2.75) is 24.7 Å². The number of Topliss-reactive ketones (excluding diaryl/α,β-unsaturated/α-hetero) is 1. The molecule has 2 N–H and O–H groups in total. The van der Waals surface area contributed by atoms with E-state index in [9.17, 15) is 13.2 Å². The van der Waals surface area contributed by atoms with E-state index in [4.69, 9.17) is 0 Å². The average molecular weight is 389 g/mol. The van der Waals surface area contributed by atoms with Crippen LogP contribution in [-0.4, -0.2) is 50.6 Å². The summed E-state index contributed by atoms with van der Waals surface area (Å²) in [5.74, 6) is 0.512. The van der Waals surface area contributed by atoms with Gasteiger partial charge in [0.25, 0.3) is 0 Å². The van der Waals surface area contributed by atoms with Gasteiger partial charge in [0.1, 0.15) is 0 Å². The first-order valence-corrected chi connectivity index (χ1v) is 10.4. The molecule has 2 aromatic rings. The molecule has 0 radical (unpaired) electrons. The summed E-state index contributed by atoms with van der Waals surface area (Å²) in [5, 5.41) is 11.1. The molecule has 1 saturated heterocycles. The van der Waals surface area contributed by atoms with Crippen LogP contribution in [0.15, 0.2) is 41.4 Å². The molecule has 0 amide bonds. The maximum atomic E-state index is 12.3. The molecule has 2 heterocycles. The Morgan fingerprint density at radius 1 is 1.15 bits per heavy atom. The molecule has 8 nitrogen and oxygen atoms in total. The van der Waals surface area contributed by atoms with E-state index in [0.717, 1.165) is 18.8 Å². The Bertz CT molecular complexity index is 893. The van der Waals surface area contributed by atoms with Crippen molar-refractivity contribution in [3.05, 3.63) is 42.1 Å². The predicted octanol–water partition coefficient (Wildman–Crippen LogP) is 1.67. The van der Waals surface area contributed by atoms with E-state index in [-0.39, 0.29) is 17.2 Å². The van der Waals surface area contributed by atoms with E-state index >= 15 is 0 Å². The van der Waals surface area contributed by atoms with Gasteiger partial charge in [0.15, 0.2) is 11.6 Å². The van der Waals surface area contributed by atoms with Crippen LogP contribution in [0.5, 0.6) is 0 Å². The molecule has 144 valence electrons. The monoisotopic (exact) mass is 389 g/mol. The first-order valence-electron chi connectivity index (χ1n) is 8.88. The lowest BCUT2D eigenvalue weighted by Crippen LogP contribution is -2.29. The third kappa shape index (κ3) is 5.01. The Morgan fingerprint density at radius 3 is 2.52 bits per heavy atom. The summed E-state index contributed by atoms with van der Waals surface area (Å²) in [6.07, 6.45) is 4.10. The van der Waals surface area contributed by atoms with Crippen LogP contribution < -0.4 is 14.9 Å². The molecular formula is C18H23N5O3S. The zero-order chi connectivity index (χ0) is 19.3. The fraction of sp³-hybridized carbons (Fsp3) is 0.389. The van der Waals surface area contributed by atoms with Crippen LogP contribution in [0.1, 0.15) is 30.1 Å². The molecule has 0 unspecified atom stereocenters. The summed E-state index contributed by atoms with van der Waals surface area (Å²) in [4.78, 5) is 13.7. The standard InChI is InChI=1S/C18H23N5O3S/c1-14(24)15-4-6-17(7-5-15)27(25,26)21-9-8-19-18-12-16(13-20-22-18)23-10-2-3-11-23/h4-7,12-13,21H,2-3,8-11H2,1H3,(H,19,22). The van der Waals surface area contributed by atoms with Crippen molar-refractivity contribution in [2.75, 3.05) is 36.4 Å². The molecule has 1 aromatic heterocycles. The topological polar surface area (TPSA) is 104 Å². The van der Waals surface area contributed by atoms with Gasteiger partial charge in [0.2, 0.25) is 10.0 Å². The second-order valence-electron chi connectivity index (χ2n) is 6.40. The van der Waals surface area contributed by atoms with Crippen molar-refractivity contribution in [3.8, 4) is 0 Å². The average Bonchev–Trinajstić information content (AvgIpc) is 3.20. The zero-order valence-corrected chi connectivity index (χ0v) is 16.0. The number of hydrogen-bond acceptors (Lipinski definition) is 7. The van der Waals surface area contributed by atoms with Gasteiger partial charge in [-0.15, -0.1) is 5.10 Å². The molecule has 27 heavy (non-hydrogen) atoms. The number of aromatic nitrogens is 2. The minimum Gasteiger partial charge on any atom is -0.370 e. The summed E-state index contributed by atoms with van der Waals surface area (Å²) in [5.41, 5.74) is 1.50. The van der Waals surface area contributed by atoms with E-state index in [0.29, 0.717) is 17.9 Å². The Labute approximate surface area is 159 Å². The molecule has 1 aromatic carbocycles. The summed E-state index contributed by atoms with van der Waals surface area (Å²) < 4.78 is 27.1. The third-order valence-electron chi connectivity index (χ3n) is 4.41. The number of ketones is 1. The van der Waals surface area contributed by atoms with Crippen LogP contribution in [0.3, 0.4) is 0 Å². The number of nitrogens with zero attached hydrogens (tertiary/aromatic N) is 3. The van der Waals surface area contributed by atoms with Crippen LogP contribution in [0.25, 0.3) is 0 Å². The molecule has 3 rings (SSSR count). The van der Waals surface area contributed by atoms with E-state index in [2.05, 4.69) is 25.1 Å². The van der Waals surface area contributed by atoms with Gasteiger partial charge in [-0.1, -0.05) is 12.1 Å². The molecule has 0 aliphatic carbocycles. The number of nitrogens with one attached hydrogen (secondary N) is 2. The minimum atomic E-state index is -3.62. The van der Waals surface area contributed by atoms with Crippen molar-refractivity contribution >= 4 is 27.3 Å². The summed E-state index contributed by atoms with van der Waals surface area (Å²) in [6.45, 7) is 4.06. The van der Waals surface area contributed by atoms with Gasteiger partial charge >= 0.3 is 0 Å². The summed E-state index contributed by atoms with van der Waals surface area (Å²) in [7, 11) is -3.62. The summed E-state index contributed by atoms with van der Waals surface area (Å²) >= 11 is 0. The van der Waals surface area contributed by atoms with Gasteiger partial charge in [-0.25, -0.2) is 13.1 Å². The van der Waals surface area contributed by atoms with Crippen LogP contribution >= 0.6 is 0 Å². The second kappa shape index (κ2) is 8.45. The molecule has 1 aliphatic heterocycles. The molecule has 1 aliphatic rings. The van der Waals surface area contributed by atoms with Crippen molar-refractivity contribution in [3.63, 3.8) is 0 Å². The van der Waals surface area contributed by atoms with Crippen molar-refractivity contribution in [1.29, 1.82) is 0 Å². The van der Waals surface area contributed by atoms with Gasteiger partial charge in [-0.05, 0) is 31.9 Å². The lowest BCUT2D eigenvalue weighted by Gasteiger charge is -2.17. The fourth-order valence-electron chi connectivity index (χ4n) is 2.92. The van der Waals surface area contributed by atoms with Gasteiger partial charge in [-0.2, -0.15) is 5.10 Å².